The van der Waals surface area contributed by atoms with E-state index in [-0.39, 0.29) is 5.56 Å². The number of halogens is 1. The van der Waals surface area contributed by atoms with Crippen molar-refractivity contribution in [2.75, 3.05) is 0 Å². The molecule has 0 bridgehead atoms. The summed E-state index contributed by atoms with van der Waals surface area (Å²) in [5.74, 6) is -0.0488. The van der Waals surface area contributed by atoms with Crippen LogP contribution in [0, 0.1) is 19.7 Å². The quantitative estimate of drug-likeness (QED) is 0.815. The SMILES string of the molecule is Cc1cc(C)c(C(O)c2ncc[nH]2)c(F)c1. The molecule has 16 heavy (non-hydrogen) atoms. The average Bonchev–Trinajstić information content (AvgIpc) is 2.67. The van der Waals surface area contributed by atoms with Gasteiger partial charge < -0.3 is 10.1 Å². The lowest BCUT2D eigenvalue weighted by Gasteiger charge is -2.13. The number of nitrogens with zero attached hydrogens (tertiary/aromatic N) is 1. The summed E-state index contributed by atoms with van der Waals surface area (Å²) in [7, 11) is 0. The van der Waals surface area contributed by atoms with Crippen LogP contribution in [0.2, 0.25) is 0 Å². The second-order valence-electron chi connectivity index (χ2n) is 3.85. The molecule has 1 aromatic heterocycles. The summed E-state index contributed by atoms with van der Waals surface area (Å²) in [5.41, 5.74) is 1.84. The Balaban J connectivity index is 2.48. The number of aliphatic hydroxyl groups excluding tert-OH is 1. The largest absolute Gasteiger partial charge is 0.380 e. The highest BCUT2D eigenvalue weighted by Gasteiger charge is 2.19. The summed E-state index contributed by atoms with van der Waals surface area (Å²) in [6.45, 7) is 3.59. The highest BCUT2D eigenvalue weighted by atomic mass is 19.1. The van der Waals surface area contributed by atoms with Crippen molar-refractivity contribution in [2.45, 2.75) is 20.0 Å². The maximum Gasteiger partial charge on any atom is 0.140 e. The molecule has 0 saturated carbocycles. The second kappa shape index (κ2) is 4.06. The third-order valence-corrected chi connectivity index (χ3v) is 2.53. The molecule has 1 unspecified atom stereocenters. The van der Waals surface area contributed by atoms with E-state index in [1.807, 2.05) is 13.0 Å². The van der Waals surface area contributed by atoms with Crippen LogP contribution in [0.4, 0.5) is 4.39 Å². The molecule has 0 spiro atoms. The second-order valence-corrected chi connectivity index (χ2v) is 3.85. The van der Waals surface area contributed by atoms with E-state index in [0.29, 0.717) is 5.82 Å². The Morgan fingerprint density at radius 2 is 2.12 bits per heavy atom. The van der Waals surface area contributed by atoms with Gasteiger partial charge in [-0.05, 0) is 31.0 Å². The summed E-state index contributed by atoms with van der Waals surface area (Å²) in [4.78, 5) is 6.70. The number of aromatic amines is 1. The Labute approximate surface area is 93.0 Å². The van der Waals surface area contributed by atoms with E-state index in [4.69, 9.17) is 0 Å². The first-order valence-electron chi connectivity index (χ1n) is 5.03. The van der Waals surface area contributed by atoms with Gasteiger partial charge in [-0.1, -0.05) is 6.07 Å². The van der Waals surface area contributed by atoms with Crippen LogP contribution >= 0.6 is 0 Å². The van der Waals surface area contributed by atoms with Crippen molar-refractivity contribution in [1.29, 1.82) is 0 Å². The summed E-state index contributed by atoms with van der Waals surface area (Å²) in [6, 6.07) is 3.25. The molecular weight excluding hydrogens is 207 g/mol. The Kier molecular flexibility index (Phi) is 2.75. The van der Waals surface area contributed by atoms with E-state index in [0.717, 1.165) is 11.1 Å². The van der Waals surface area contributed by atoms with Crippen molar-refractivity contribution in [1.82, 2.24) is 9.97 Å². The molecule has 2 aromatic rings. The number of aromatic nitrogens is 2. The van der Waals surface area contributed by atoms with Crippen LogP contribution in [-0.4, -0.2) is 15.1 Å². The summed E-state index contributed by atoms with van der Waals surface area (Å²) >= 11 is 0. The fourth-order valence-corrected chi connectivity index (χ4v) is 1.84. The lowest BCUT2D eigenvalue weighted by molar-refractivity contribution is 0.205. The van der Waals surface area contributed by atoms with Gasteiger partial charge in [0.2, 0.25) is 0 Å². The Morgan fingerprint density at radius 3 is 2.69 bits per heavy atom. The summed E-state index contributed by atoms with van der Waals surface area (Å²) < 4.78 is 13.8. The molecule has 0 aliphatic carbocycles. The number of hydrogen-bond acceptors (Lipinski definition) is 2. The van der Waals surface area contributed by atoms with Gasteiger partial charge in [-0.15, -0.1) is 0 Å². The summed E-state index contributed by atoms with van der Waals surface area (Å²) in [6.07, 6.45) is 2.08. The monoisotopic (exact) mass is 220 g/mol. The van der Waals surface area contributed by atoms with Gasteiger partial charge in [-0.2, -0.15) is 0 Å². The van der Waals surface area contributed by atoms with Crippen LogP contribution in [0.3, 0.4) is 0 Å². The highest BCUT2D eigenvalue weighted by molar-refractivity contribution is 5.35. The van der Waals surface area contributed by atoms with Gasteiger partial charge >= 0.3 is 0 Å². The van der Waals surface area contributed by atoms with E-state index < -0.39 is 11.9 Å². The minimum Gasteiger partial charge on any atom is -0.380 e. The lowest BCUT2D eigenvalue weighted by atomic mass is 10.00. The van der Waals surface area contributed by atoms with E-state index in [2.05, 4.69) is 9.97 Å². The van der Waals surface area contributed by atoms with Crippen LogP contribution in [0.15, 0.2) is 24.5 Å². The van der Waals surface area contributed by atoms with Crippen molar-refractivity contribution in [3.8, 4) is 0 Å². The predicted octanol–water partition coefficient (Wildman–Crippen LogP) is 2.25. The Morgan fingerprint density at radius 1 is 1.38 bits per heavy atom. The first-order chi connectivity index (χ1) is 7.59. The third kappa shape index (κ3) is 1.84. The topological polar surface area (TPSA) is 48.9 Å². The van der Waals surface area contributed by atoms with Crippen LogP contribution in [0.1, 0.15) is 28.6 Å². The molecule has 0 radical (unpaired) electrons. The zero-order chi connectivity index (χ0) is 11.7. The molecule has 4 heteroatoms. The highest BCUT2D eigenvalue weighted by Crippen LogP contribution is 2.26. The van der Waals surface area contributed by atoms with Gasteiger partial charge in [-0.3, -0.25) is 0 Å². The Bertz CT molecular complexity index is 471. The van der Waals surface area contributed by atoms with E-state index in [9.17, 15) is 9.50 Å². The van der Waals surface area contributed by atoms with Crippen molar-refractivity contribution in [3.05, 3.63) is 52.9 Å². The zero-order valence-electron chi connectivity index (χ0n) is 9.16. The number of hydrogen-bond donors (Lipinski definition) is 2. The summed E-state index contributed by atoms with van der Waals surface area (Å²) in [5, 5.41) is 10.00. The van der Waals surface area contributed by atoms with Gasteiger partial charge in [-0.25, -0.2) is 9.37 Å². The van der Waals surface area contributed by atoms with E-state index >= 15 is 0 Å². The molecule has 2 rings (SSSR count). The van der Waals surface area contributed by atoms with E-state index in [1.165, 1.54) is 12.3 Å². The Hall–Kier alpha value is -1.68. The van der Waals surface area contributed by atoms with Crippen LogP contribution in [-0.2, 0) is 0 Å². The van der Waals surface area contributed by atoms with Crippen LogP contribution in [0.25, 0.3) is 0 Å². The maximum atomic E-state index is 13.8. The van der Waals surface area contributed by atoms with Gasteiger partial charge in [0.25, 0.3) is 0 Å². The molecule has 0 amide bonds. The molecule has 0 aliphatic heterocycles. The van der Waals surface area contributed by atoms with Crippen LogP contribution in [0.5, 0.6) is 0 Å². The van der Waals surface area contributed by atoms with Crippen LogP contribution < -0.4 is 0 Å². The molecular formula is C12H13FN2O. The number of H-pyrrole nitrogens is 1. The normalized spacial score (nSPS) is 12.8. The molecule has 1 atom stereocenters. The minimum atomic E-state index is -1.05. The maximum absolute atomic E-state index is 13.8. The van der Waals surface area contributed by atoms with E-state index in [1.54, 1.807) is 13.1 Å². The lowest BCUT2D eigenvalue weighted by Crippen LogP contribution is -2.07. The molecule has 0 aliphatic rings. The van der Waals surface area contributed by atoms with Crippen molar-refractivity contribution < 1.29 is 9.50 Å². The van der Waals surface area contributed by atoms with Gasteiger partial charge in [0.15, 0.2) is 0 Å². The number of rotatable bonds is 2. The molecule has 3 nitrogen and oxygen atoms in total. The zero-order valence-corrected chi connectivity index (χ0v) is 9.16. The molecule has 1 aromatic carbocycles. The first kappa shape index (κ1) is 10.8. The van der Waals surface area contributed by atoms with Gasteiger partial charge in [0.05, 0.1) is 0 Å². The first-order valence-corrected chi connectivity index (χ1v) is 5.03. The van der Waals surface area contributed by atoms with Gasteiger partial charge in [0.1, 0.15) is 17.7 Å². The molecule has 0 saturated heterocycles. The number of imidazole rings is 1. The van der Waals surface area contributed by atoms with Gasteiger partial charge in [0, 0.05) is 18.0 Å². The number of nitrogens with one attached hydrogen (secondary N) is 1. The molecule has 84 valence electrons. The number of benzene rings is 1. The molecule has 2 N–H and O–H groups in total. The smallest absolute Gasteiger partial charge is 0.140 e. The van der Waals surface area contributed by atoms with Crippen molar-refractivity contribution in [3.63, 3.8) is 0 Å². The fourth-order valence-electron chi connectivity index (χ4n) is 1.84. The standard InChI is InChI=1S/C12H13FN2O/c1-7-5-8(2)10(9(13)6-7)11(16)12-14-3-4-15-12/h3-6,11,16H,1-2H3,(H,14,15). The number of aliphatic hydroxyl groups is 1. The minimum absolute atomic E-state index is 0.278. The fraction of sp³-hybridized carbons (Fsp3) is 0.250. The predicted molar refractivity (Wildman–Crippen MR) is 58.5 cm³/mol. The third-order valence-electron chi connectivity index (χ3n) is 2.53. The number of aryl methyl sites for hydroxylation is 2. The molecule has 0 fully saturated rings. The molecule has 1 heterocycles. The van der Waals surface area contributed by atoms with Crippen molar-refractivity contribution in [2.24, 2.45) is 0 Å². The average molecular weight is 220 g/mol. The van der Waals surface area contributed by atoms with Crippen molar-refractivity contribution >= 4 is 0 Å².